The van der Waals surface area contributed by atoms with Crippen LogP contribution in [0, 0.1) is 5.92 Å². The van der Waals surface area contributed by atoms with E-state index in [0.29, 0.717) is 11.2 Å². The van der Waals surface area contributed by atoms with Gasteiger partial charge in [-0.3, -0.25) is 4.79 Å². The van der Waals surface area contributed by atoms with E-state index in [9.17, 15) is 18.4 Å². The summed E-state index contributed by atoms with van der Waals surface area (Å²) in [5.41, 5.74) is -1.71. The van der Waals surface area contributed by atoms with Gasteiger partial charge >= 0.3 is 5.97 Å². The molecule has 0 atom stereocenters. The second kappa shape index (κ2) is 6.21. The van der Waals surface area contributed by atoms with Crippen LogP contribution in [-0.2, 0) is 11.3 Å². The van der Waals surface area contributed by atoms with Gasteiger partial charge in [0.05, 0.1) is 0 Å². The molecule has 1 rings (SSSR count). The van der Waals surface area contributed by atoms with Gasteiger partial charge in [-0.1, -0.05) is 19.1 Å². The number of rotatable bonds is 6. The van der Waals surface area contributed by atoms with Crippen molar-refractivity contribution < 1.29 is 23.5 Å². The summed E-state index contributed by atoms with van der Waals surface area (Å²) < 4.78 is 26.1. The Kier molecular flexibility index (Phi) is 4.90. The first-order valence-corrected chi connectivity index (χ1v) is 5.54. The molecule has 0 unspecified atom stereocenters. The van der Waals surface area contributed by atoms with Crippen molar-refractivity contribution in [1.29, 1.82) is 0 Å². The molecule has 0 saturated heterocycles. The summed E-state index contributed by atoms with van der Waals surface area (Å²) >= 11 is 0. The van der Waals surface area contributed by atoms with E-state index in [1.165, 1.54) is 0 Å². The number of alkyl halides is 2. The van der Waals surface area contributed by atoms with Crippen LogP contribution in [0.3, 0.4) is 0 Å². The monoisotopic (exact) mass is 276 g/mol. The minimum Gasteiger partial charge on any atom is -0.476 e. The molecule has 0 aromatic carbocycles. The van der Waals surface area contributed by atoms with E-state index in [0.717, 1.165) is 0 Å². The van der Waals surface area contributed by atoms with Gasteiger partial charge in [-0.05, 0) is 5.92 Å². The van der Waals surface area contributed by atoms with Gasteiger partial charge in [0.15, 0.2) is 5.69 Å². The number of carbonyl (C=O) groups excluding carboxylic acids is 1. The molecule has 0 bridgehead atoms. The molecule has 1 amide bonds. The van der Waals surface area contributed by atoms with Crippen molar-refractivity contribution >= 4 is 11.9 Å². The van der Waals surface area contributed by atoms with Gasteiger partial charge in [0.25, 0.3) is 6.43 Å². The maximum absolute atomic E-state index is 12.8. The number of hydrogen-bond donors (Lipinski definition) is 2. The fourth-order valence-electron chi connectivity index (χ4n) is 1.32. The summed E-state index contributed by atoms with van der Waals surface area (Å²) in [4.78, 5) is 22.2. The Hall–Kier alpha value is -2.06. The second-order valence-corrected chi connectivity index (χ2v) is 4.28. The molecule has 0 saturated carbocycles. The van der Waals surface area contributed by atoms with Crippen LogP contribution in [0.5, 0.6) is 0 Å². The highest BCUT2D eigenvalue weighted by Crippen LogP contribution is 2.21. The number of nitrogens with one attached hydrogen (secondary N) is 1. The molecule has 2 N–H and O–H groups in total. The normalized spacial score (nSPS) is 11.1. The molecule has 1 aromatic rings. The minimum atomic E-state index is -3.07. The molecule has 106 valence electrons. The first-order valence-electron chi connectivity index (χ1n) is 5.54. The SMILES string of the molecule is CC(C)CNC(=O)Cn1nnc(C(=O)O)c1C(F)F. The summed E-state index contributed by atoms with van der Waals surface area (Å²) in [6.07, 6.45) is -3.07. The number of carboxylic acid groups (broad SMARTS) is 1. The molecule has 0 radical (unpaired) electrons. The molecular weight excluding hydrogens is 262 g/mol. The minimum absolute atomic E-state index is 0.212. The van der Waals surface area contributed by atoms with Crippen LogP contribution in [0.1, 0.15) is 36.5 Å². The topological polar surface area (TPSA) is 97.1 Å². The van der Waals surface area contributed by atoms with Crippen molar-refractivity contribution in [3.63, 3.8) is 0 Å². The summed E-state index contributed by atoms with van der Waals surface area (Å²) in [6.45, 7) is 3.65. The first-order chi connectivity index (χ1) is 8.82. The lowest BCUT2D eigenvalue weighted by Gasteiger charge is -2.09. The maximum atomic E-state index is 12.8. The lowest BCUT2D eigenvalue weighted by atomic mass is 10.2. The summed E-state index contributed by atoms with van der Waals surface area (Å²) in [5, 5.41) is 17.6. The average Bonchev–Trinajstić information content (AvgIpc) is 2.70. The van der Waals surface area contributed by atoms with Crippen LogP contribution in [0.15, 0.2) is 0 Å². The zero-order chi connectivity index (χ0) is 14.6. The molecule has 9 heteroatoms. The zero-order valence-electron chi connectivity index (χ0n) is 10.4. The average molecular weight is 276 g/mol. The van der Waals surface area contributed by atoms with Gasteiger partial charge in [-0.2, -0.15) is 0 Å². The largest absolute Gasteiger partial charge is 0.476 e. The third-order valence-corrected chi connectivity index (χ3v) is 2.18. The van der Waals surface area contributed by atoms with E-state index < -0.39 is 36.2 Å². The molecule has 0 spiro atoms. The fourth-order valence-corrected chi connectivity index (χ4v) is 1.32. The Bertz CT molecular complexity index is 473. The van der Waals surface area contributed by atoms with Crippen LogP contribution < -0.4 is 5.32 Å². The Morgan fingerprint density at radius 3 is 2.53 bits per heavy atom. The Balaban J connectivity index is 2.84. The third-order valence-electron chi connectivity index (χ3n) is 2.18. The van der Waals surface area contributed by atoms with E-state index in [1.807, 2.05) is 13.8 Å². The quantitative estimate of drug-likeness (QED) is 0.796. The van der Waals surface area contributed by atoms with E-state index >= 15 is 0 Å². The number of halogens is 2. The molecule has 19 heavy (non-hydrogen) atoms. The smallest absolute Gasteiger partial charge is 0.358 e. The Morgan fingerprint density at radius 2 is 2.05 bits per heavy atom. The molecule has 0 aliphatic carbocycles. The Morgan fingerprint density at radius 1 is 1.42 bits per heavy atom. The number of carboxylic acids is 1. The fraction of sp³-hybridized carbons (Fsp3) is 0.600. The van der Waals surface area contributed by atoms with Gasteiger partial charge in [0.1, 0.15) is 12.2 Å². The molecule has 7 nitrogen and oxygen atoms in total. The zero-order valence-corrected chi connectivity index (χ0v) is 10.4. The van der Waals surface area contributed by atoms with Gasteiger partial charge in [-0.25, -0.2) is 18.3 Å². The standard InChI is InChI=1S/C10H14F2N4O3/c1-5(2)3-13-6(17)4-16-8(9(11)12)7(10(18)19)14-15-16/h5,9H,3-4H2,1-2H3,(H,13,17)(H,18,19). The lowest BCUT2D eigenvalue weighted by Crippen LogP contribution is -2.31. The highest BCUT2D eigenvalue weighted by atomic mass is 19.3. The van der Waals surface area contributed by atoms with Gasteiger partial charge in [0.2, 0.25) is 5.91 Å². The van der Waals surface area contributed by atoms with Crippen molar-refractivity contribution in [3.8, 4) is 0 Å². The van der Waals surface area contributed by atoms with Crippen LogP contribution >= 0.6 is 0 Å². The van der Waals surface area contributed by atoms with Crippen molar-refractivity contribution in [2.24, 2.45) is 5.92 Å². The van der Waals surface area contributed by atoms with E-state index in [2.05, 4.69) is 15.6 Å². The predicted molar refractivity (Wildman–Crippen MR) is 59.8 cm³/mol. The van der Waals surface area contributed by atoms with Crippen molar-refractivity contribution in [2.75, 3.05) is 6.54 Å². The maximum Gasteiger partial charge on any atom is 0.358 e. The molecule has 0 fully saturated rings. The summed E-state index contributed by atoms with van der Waals surface area (Å²) in [6, 6.07) is 0. The molecular formula is C10H14F2N4O3. The number of hydrogen-bond acceptors (Lipinski definition) is 4. The van der Waals surface area contributed by atoms with Gasteiger partial charge in [-0.15, -0.1) is 5.10 Å². The molecule has 1 aromatic heterocycles. The van der Waals surface area contributed by atoms with Crippen molar-refractivity contribution in [2.45, 2.75) is 26.8 Å². The lowest BCUT2D eigenvalue weighted by molar-refractivity contribution is -0.122. The predicted octanol–water partition coefficient (Wildman–Crippen LogP) is 0.686. The highest BCUT2D eigenvalue weighted by molar-refractivity contribution is 5.86. The second-order valence-electron chi connectivity index (χ2n) is 4.28. The highest BCUT2D eigenvalue weighted by Gasteiger charge is 2.27. The van der Waals surface area contributed by atoms with Crippen LogP contribution in [0.4, 0.5) is 8.78 Å². The number of aromatic carboxylic acids is 1. The van der Waals surface area contributed by atoms with E-state index in [4.69, 9.17) is 5.11 Å². The Labute approximate surface area is 107 Å². The summed E-state index contributed by atoms with van der Waals surface area (Å²) in [7, 11) is 0. The van der Waals surface area contributed by atoms with Crippen LogP contribution in [-0.4, -0.2) is 38.5 Å². The van der Waals surface area contributed by atoms with Gasteiger partial charge in [0, 0.05) is 6.54 Å². The molecule has 1 heterocycles. The van der Waals surface area contributed by atoms with Crippen molar-refractivity contribution in [1.82, 2.24) is 20.3 Å². The number of amides is 1. The first kappa shape index (κ1) is 15.0. The van der Waals surface area contributed by atoms with Crippen molar-refractivity contribution in [3.05, 3.63) is 11.4 Å². The third kappa shape index (κ3) is 3.97. The number of nitrogens with zero attached hydrogens (tertiary/aromatic N) is 3. The van der Waals surface area contributed by atoms with Crippen LogP contribution in [0.2, 0.25) is 0 Å². The number of aromatic nitrogens is 3. The van der Waals surface area contributed by atoms with Gasteiger partial charge < -0.3 is 10.4 Å². The van der Waals surface area contributed by atoms with E-state index in [1.54, 1.807) is 0 Å². The van der Waals surface area contributed by atoms with E-state index in [-0.39, 0.29) is 5.92 Å². The summed E-state index contributed by atoms with van der Waals surface area (Å²) in [5.74, 6) is -1.93. The molecule has 0 aliphatic rings. The molecule has 0 aliphatic heterocycles. The van der Waals surface area contributed by atoms with Crippen LogP contribution in [0.25, 0.3) is 0 Å². The number of carbonyl (C=O) groups is 2.